The second-order valence-electron chi connectivity index (χ2n) is 11.0. The average molecular weight is 444 g/mol. The Balaban J connectivity index is 2.17. The van der Waals surface area contributed by atoms with Crippen molar-refractivity contribution in [1.29, 1.82) is 0 Å². The van der Waals surface area contributed by atoms with E-state index in [1.807, 2.05) is 0 Å². The molecule has 0 aliphatic rings. The van der Waals surface area contributed by atoms with Crippen molar-refractivity contribution in [1.82, 2.24) is 15.0 Å². The van der Waals surface area contributed by atoms with Crippen LogP contribution in [0.5, 0.6) is 0 Å². The molecule has 2 aromatic carbocycles. The highest BCUT2D eigenvalue weighted by molar-refractivity contribution is 6.93. The lowest BCUT2D eigenvalue weighted by Crippen LogP contribution is -2.25. The average Bonchev–Trinajstić information content (AvgIpc) is 3.08. The van der Waals surface area contributed by atoms with Crippen molar-refractivity contribution in [3.63, 3.8) is 0 Å². The predicted octanol–water partition coefficient (Wildman–Crippen LogP) is 7.43. The van der Waals surface area contributed by atoms with E-state index in [4.69, 9.17) is 0 Å². The number of aromatic nitrogens is 3. The van der Waals surface area contributed by atoms with Gasteiger partial charge in [-0.25, -0.2) is 4.68 Å². The summed E-state index contributed by atoms with van der Waals surface area (Å²) in [5.41, 5.74) is 12.0. The number of benzene rings is 2. The highest BCUT2D eigenvalue weighted by Gasteiger charge is 2.28. The monoisotopic (exact) mass is 443 g/mol. The highest BCUT2D eigenvalue weighted by atomic mass is 28.3. The van der Waals surface area contributed by atoms with Crippen LogP contribution < -0.4 is 0 Å². The van der Waals surface area contributed by atoms with Gasteiger partial charge in [-0.1, -0.05) is 99.7 Å². The summed E-state index contributed by atoms with van der Waals surface area (Å²) in [6.07, 6.45) is 0. The Kier molecular flexibility index (Phi) is 6.78. The first-order chi connectivity index (χ1) is 14.9. The van der Waals surface area contributed by atoms with E-state index < -0.39 is 8.07 Å². The van der Waals surface area contributed by atoms with Crippen LogP contribution in [-0.4, -0.2) is 23.1 Å². The van der Waals surface area contributed by atoms with Crippen LogP contribution in [0.2, 0.25) is 19.6 Å². The number of rotatable bonds is 5. The van der Waals surface area contributed by atoms with Crippen LogP contribution in [0.25, 0.3) is 16.5 Å². The Morgan fingerprint density at radius 2 is 1.53 bits per heavy atom. The quantitative estimate of drug-likeness (QED) is 0.303. The van der Waals surface area contributed by atoms with E-state index >= 15 is 0 Å². The lowest BCUT2D eigenvalue weighted by atomic mass is 9.87. The van der Waals surface area contributed by atoms with Crippen molar-refractivity contribution >= 4 is 13.3 Å². The van der Waals surface area contributed by atoms with E-state index in [-0.39, 0.29) is 5.41 Å². The molecule has 0 aliphatic carbocycles. The molecule has 0 saturated heterocycles. The topological polar surface area (TPSA) is 30.7 Å². The molecule has 3 rings (SSSR count). The first kappa shape index (κ1) is 24.0. The molecule has 1 heterocycles. The molecular weight excluding hydrogens is 406 g/mol. The summed E-state index contributed by atoms with van der Waals surface area (Å²) >= 11 is 0. The molecule has 1 aromatic heterocycles. The Labute approximate surface area is 194 Å². The summed E-state index contributed by atoms with van der Waals surface area (Å²) in [5, 5.41) is 10.6. The van der Waals surface area contributed by atoms with Gasteiger partial charge in [-0.05, 0) is 42.9 Å². The molecule has 0 amide bonds. The van der Waals surface area contributed by atoms with Crippen molar-refractivity contribution in [3.05, 3.63) is 82.2 Å². The normalized spacial score (nSPS) is 11.9. The van der Waals surface area contributed by atoms with Crippen LogP contribution in [0.4, 0.5) is 0 Å². The summed E-state index contributed by atoms with van der Waals surface area (Å²) in [6.45, 7) is 20.9. The van der Waals surface area contributed by atoms with Gasteiger partial charge in [0.1, 0.15) is 5.69 Å². The fourth-order valence-electron chi connectivity index (χ4n) is 3.71. The molecule has 3 nitrogen and oxygen atoms in total. The zero-order valence-corrected chi connectivity index (χ0v) is 22.2. The van der Waals surface area contributed by atoms with Crippen LogP contribution in [0.1, 0.15) is 57.0 Å². The van der Waals surface area contributed by atoms with Crippen LogP contribution in [-0.2, 0) is 12.0 Å². The maximum atomic E-state index is 4.68. The number of hydrogen-bond donors (Lipinski definition) is 0. The zero-order chi connectivity index (χ0) is 23.7. The van der Waals surface area contributed by atoms with Gasteiger partial charge in [0.2, 0.25) is 0 Å². The second kappa shape index (κ2) is 9.05. The smallest absolute Gasteiger partial charge is 0.120 e. The van der Waals surface area contributed by atoms with Crippen molar-refractivity contribution in [2.75, 3.05) is 0 Å². The Morgan fingerprint density at radius 1 is 0.938 bits per heavy atom. The number of nitrogens with zero attached hydrogens (tertiary/aromatic N) is 3. The van der Waals surface area contributed by atoms with Crippen LogP contribution >= 0.6 is 0 Å². The number of allylic oxidation sites excluding steroid dienone is 1. The minimum Gasteiger partial charge on any atom is -0.240 e. The van der Waals surface area contributed by atoms with Gasteiger partial charge in [0.25, 0.3) is 0 Å². The molecule has 0 radical (unpaired) electrons. The van der Waals surface area contributed by atoms with Gasteiger partial charge in [-0.15, -0.1) is 10.8 Å². The molecule has 0 aliphatic heterocycles. The fraction of sp³-hybridized carbons (Fsp3) is 0.393. The Morgan fingerprint density at radius 3 is 2.03 bits per heavy atom. The minimum absolute atomic E-state index is 0.146. The summed E-state index contributed by atoms with van der Waals surface area (Å²) in [5.74, 6) is 0. The Hall–Kier alpha value is -2.68. The molecule has 32 heavy (non-hydrogen) atoms. The van der Waals surface area contributed by atoms with Gasteiger partial charge in [0, 0.05) is 10.8 Å². The molecule has 0 spiro atoms. The SMILES string of the molecule is CC(C)=C=C(c1c(-c2ccc(C)cc2)nnn1Cc1ccc(C(C)(C)C)cc1)[Si](C)(C)C. The molecular formula is C28H37N3Si. The molecule has 3 aromatic rings. The van der Waals surface area contributed by atoms with Crippen molar-refractivity contribution in [3.8, 4) is 11.3 Å². The molecule has 0 N–H and O–H groups in total. The molecule has 0 fully saturated rings. The van der Waals surface area contributed by atoms with E-state index in [1.165, 1.54) is 27.5 Å². The van der Waals surface area contributed by atoms with E-state index in [1.54, 1.807) is 0 Å². The number of aryl methyl sites for hydroxylation is 1. The lowest BCUT2D eigenvalue weighted by molar-refractivity contribution is 0.589. The first-order valence-electron chi connectivity index (χ1n) is 11.4. The molecule has 168 valence electrons. The molecule has 0 atom stereocenters. The van der Waals surface area contributed by atoms with E-state index in [2.05, 4.69) is 130 Å². The van der Waals surface area contributed by atoms with E-state index in [0.717, 1.165) is 17.0 Å². The third-order valence-corrected chi connectivity index (χ3v) is 7.44. The zero-order valence-electron chi connectivity index (χ0n) is 21.2. The summed E-state index contributed by atoms with van der Waals surface area (Å²) in [6, 6.07) is 17.5. The molecule has 0 unspecified atom stereocenters. The summed E-state index contributed by atoms with van der Waals surface area (Å²) in [7, 11) is -1.73. The maximum Gasteiger partial charge on any atom is 0.120 e. The van der Waals surface area contributed by atoms with Gasteiger partial charge in [0.05, 0.1) is 20.3 Å². The van der Waals surface area contributed by atoms with Gasteiger partial charge in [-0.2, -0.15) is 0 Å². The van der Waals surface area contributed by atoms with Crippen molar-refractivity contribution in [2.24, 2.45) is 0 Å². The summed E-state index contributed by atoms with van der Waals surface area (Å²) < 4.78 is 2.07. The lowest BCUT2D eigenvalue weighted by Gasteiger charge is -2.22. The van der Waals surface area contributed by atoms with Crippen molar-refractivity contribution < 1.29 is 0 Å². The van der Waals surface area contributed by atoms with E-state index in [9.17, 15) is 0 Å². The molecule has 0 bridgehead atoms. The highest BCUT2D eigenvalue weighted by Crippen LogP contribution is 2.33. The third kappa shape index (κ3) is 5.56. The Bertz CT molecular complexity index is 1140. The minimum atomic E-state index is -1.73. The van der Waals surface area contributed by atoms with Crippen LogP contribution in [0.3, 0.4) is 0 Å². The maximum absolute atomic E-state index is 4.68. The summed E-state index contributed by atoms with van der Waals surface area (Å²) in [4.78, 5) is 0. The van der Waals surface area contributed by atoms with Crippen LogP contribution in [0.15, 0.2) is 59.8 Å². The molecule has 0 saturated carbocycles. The number of hydrogen-bond acceptors (Lipinski definition) is 2. The van der Waals surface area contributed by atoms with Gasteiger partial charge < -0.3 is 0 Å². The molecule has 4 heteroatoms. The van der Waals surface area contributed by atoms with Gasteiger partial charge >= 0.3 is 0 Å². The largest absolute Gasteiger partial charge is 0.240 e. The van der Waals surface area contributed by atoms with E-state index in [0.29, 0.717) is 6.54 Å². The van der Waals surface area contributed by atoms with Crippen molar-refractivity contribution in [2.45, 2.75) is 73.1 Å². The second-order valence-corrected chi connectivity index (χ2v) is 16.0. The van der Waals surface area contributed by atoms with Gasteiger partial charge in [0.15, 0.2) is 0 Å². The predicted molar refractivity (Wildman–Crippen MR) is 140 cm³/mol. The van der Waals surface area contributed by atoms with Crippen LogP contribution in [0, 0.1) is 6.92 Å². The standard InChI is InChI=1S/C28H37N3Si/c1-20(2)18-25(32(7,8)9)27-26(23-14-10-21(3)11-15-23)29-30-31(27)19-22-12-16-24(17-13-22)28(4,5)6/h10-17H,19H2,1-9H3. The first-order valence-corrected chi connectivity index (χ1v) is 14.9. The van der Waals surface area contributed by atoms with Gasteiger partial charge in [-0.3, -0.25) is 0 Å². The fourth-order valence-corrected chi connectivity index (χ4v) is 5.29. The third-order valence-electron chi connectivity index (χ3n) is 5.57.